The van der Waals surface area contributed by atoms with Gasteiger partial charge < -0.3 is 30.1 Å². The standard InChI is InChI=1S/C10H18N3O8P/c1-19-5-7(6-20-22(16,17)18)21-9(4-14)13-3-2-8(11)12-10(13)15/h2-3,7,9,14H,4-6H2,1H3,(H2,11,12,15)(H2,16,17,18)/t7-,9+/m0/s1. The van der Waals surface area contributed by atoms with Crippen molar-refractivity contribution in [1.82, 2.24) is 9.55 Å². The molecule has 0 aliphatic heterocycles. The first-order valence-electron chi connectivity index (χ1n) is 6.07. The molecule has 1 rings (SSSR count). The zero-order valence-corrected chi connectivity index (χ0v) is 12.6. The van der Waals surface area contributed by atoms with Crippen LogP contribution in [0.3, 0.4) is 0 Å². The lowest BCUT2D eigenvalue weighted by molar-refractivity contribution is -0.117. The molecule has 0 bridgehead atoms. The smallest absolute Gasteiger partial charge is 0.392 e. The SMILES string of the molecule is COC[C@@H](COP(=O)(O)O)O[C@H](CO)n1ccc(N)nc1=O. The van der Waals surface area contributed by atoms with Crippen LogP contribution in [0.2, 0.25) is 0 Å². The van der Waals surface area contributed by atoms with Crippen LogP contribution in [-0.2, 0) is 18.6 Å². The highest BCUT2D eigenvalue weighted by molar-refractivity contribution is 7.46. The molecule has 12 heteroatoms. The number of aliphatic hydroxyl groups excluding tert-OH is 1. The van der Waals surface area contributed by atoms with Crippen LogP contribution in [0.5, 0.6) is 0 Å². The van der Waals surface area contributed by atoms with Crippen LogP contribution < -0.4 is 11.4 Å². The van der Waals surface area contributed by atoms with E-state index >= 15 is 0 Å². The van der Waals surface area contributed by atoms with Gasteiger partial charge in [0.25, 0.3) is 0 Å². The molecule has 1 aromatic heterocycles. The van der Waals surface area contributed by atoms with E-state index < -0.39 is 39.1 Å². The van der Waals surface area contributed by atoms with Gasteiger partial charge in [0.2, 0.25) is 0 Å². The maximum absolute atomic E-state index is 11.7. The largest absolute Gasteiger partial charge is 0.469 e. The van der Waals surface area contributed by atoms with Gasteiger partial charge in [-0.15, -0.1) is 0 Å². The molecule has 0 aromatic carbocycles. The zero-order chi connectivity index (χ0) is 16.8. The Morgan fingerprint density at radius 2 is 2.14 bits per heavy atom. The van der Waals surface area contributed by atoms with Crippen LogP contribution in [0.15, 0.2) is 17.1 Å². The van der Waals surface area contributed by atoms with E-state index in [4.69, 9.17) is 25.0 Å². The fourth-order valence-electron chi connectivity index (χ4n) is 1.56. The Bertz CT molecular complexity index is 574. The van der Waals surface area contributed by atoms with Gasteiger partial charge in [0.1, 0.15) is 11.9 Å². The highest BCUT2D eigenvalue weighted by Crippen LogP contribution is 2.36. The number of nitrogens with zero attached hydrogens (tertiary/aromatic N) is 2. The first kappa shape index (κ1) is 18.7. The summed E-state index contributed by atoms with van der Waals surface area (Å²) in [7, 11) is -3.33. The molecular weight excluding hydrogens is 321 g/mol. The van der Waals surface area contributed by atoms with Crippen molar-refractivity contribution in [3.8, 4) is 0 Å². The number of phosphoric ester groups is 1. The minimum atomic E-state index is -4.68. The van der Waals surface area contributed by atoms with Crippen molar-refractivity contribution in [3.05, 3.63) is 22.7 Å². The lowest BCUT2D eigenvalue weighted by Gasteiger charge is -2.24. The van der Waals surface area contributed by atoms with E-state index in [1.807, 2.05) is 0 Å². The molecule has 0 saturated carbocycles. The topological polar surface area (TPSA) is 166 Å². The van der Waals surface area contributed by atoms with Crippen molar-refractivity contribution in [2.45, 2.75) is 12.3 Å². The third-order valence-electron chi connectivity index (χ3n) is 2.45. The predicted octanol–water partition coefficient (Wildman–Crippen LogP) is -1.54. The van der Waals surface area contributed by atoms with Gasteiger partial charge in [0, 0.05) is 13.3 Å². The van der Waals surface area contributed by atoms with Crippen molar-refractivity contribution in [2.75, 3.05) is 32.7 Å². The summed E-state index contributed by atoms with van der Waals surface area (Å²) in [5, 5.41) is 9.34. The number of aliphatic hydroxyl groups is 1. The first-order valence-corrected chi connectivity index (χ1v) is 7.60. The molecule has 0 unspecified atom stereocenters. The molecule has 5 N–H and O–H groups in total. The van der Waals surface area contributed by atoms with E-state index in [0.29, 0.717) is 0 Å². The predicted molar refractivity (Wildman–Crippen MR) is 73.8 cm³/mol. The first-order chi connectivity index (χ1) is 10.3. The molecule has 0 radical (unpaired) electrons. The number of phosphoric acid groups is 1. The van der Waals surface area contributed by atoms with Gasteiger partial charge in [-0.1, -0.05) is 0 Å². The Labute approximate surface area is 125 Å². The second-order valence-electron chi connectivity index (χ2n) is 4.18. The van der Waals surface area contributed by atoms with Crippen molar-refractivity contribution < 1.29 is 33.5 Å². The molecule has 1 aromatic rings. The van der Waals surface area contributed by atoms with Gasteiger partial charge >= 0.3 is 13.5 Å². The number of hydrogen-bond donors (Lipinski definition) is 4. The summed E-state index contributed by atoms with van der Waals surface area (Å²) in [5.41, 5.74) is 4.61. The quantitative estimate of drug-likeness (QED) is 0.387. The lowest BCUT2D eigenvalue weighted by atomic mass is 10.4. The molecule has 0 saturated heterocycles. The van der Waals surface area contributed by atoms with E-state index in [2.05, 4.69) is 9.51 Å². The summed E-state index contributed by atoms with van der Waals surface area (Å²) >= 11 is 0. The zero-order valence-electron chi connectivity index (χ0n) is 11.7. The summed E-state index contributed by atoms with van der Waals surface area (Å²) in [6.07, 6.45) is -0.792. The minimum absolute atomic E-state index is 0.0104. The van der Waals surface area contributed by atoms with Gasteiger partial charge in [-0.3, -0.25) is 9.09 Å². The van der Waals surface area contributed by atoms with E-state index in [-0.39, 0.29) is 12.4 Å². The Morgan fingerprint density at radius 1 is 1.45 bits per heavy atom. The summed E-state index contributed by atoms with van der Waals surface area (Å²) in [5.74, 6) is 0.0104. The number of hydrogen-bond acceptors (Lipinski definition) is 8. The monoisotopic (exact) mass is 339 g/mol. The molecule has 0 aliphatic rings. The molecule has 0 fully saturated rings. The van der Waals surface area contributed by atoms with E-state index in [1.54, 1.807) is 0 Å². The lowest BCUT2D eigenvalue weighted by Crippen LogP contribution is -2.35. The maximum Gasteiger partial charge on any atom is 0.469 e. The van der Waals surface area contributed by atoms with E-state index in [0.717, 1.165) is 4.57 Å². The number of methoxy groups -OCH3 is 1. The molecule has 0 aliphatic carbocycles. The van der Waals surface area contributed by atoms with Crippen LogP contribution in [-0.4, -0.2) is 57.5 Å². The Hall–Kier alpha value is -1.33. The molecule has 0 spiro atoms. The second kappa shape index (κ2) is 8.34. The van der Waals surface area contributed by atoms with Crippen molar-refractivity contribution in [2.24, 2.45) is 0 Å². The number of rotatable bonds is 9. The van der Waals surface area contributed by atoms with E-state index in [1.165, 1.54) is 19.4 Å². The van der Waals surface area contributed by atoms with Crippen molar-refractivity contribution >= 4 is 13.6 Å². The number of anilines is 1. The van der Waals surface area contributed by atoms with Gasteiger partial charge in [-0.05, 0) is 6.07 Å². The van der Waals surface area contributed by atoms with Crippen LogP contribution in [0, 0.1) is 0 Å². The van der Waals surface area contributed by atoms with Crippen LogP contribution in [0.25, 0.3) is 0 Å². The summed E-state index contributed by atoms with van der Waals surface area (Å²) in [6, 6.07) is 1.34. The fourth-order valence-corrected chi connectivity index (χ4v) is 1.92. The van der Waals surface area contributed by atoms with Gasteiger partial charge in [-0.2, -0.15) is 4.98 Å². The molecule has 2 atom stereocenters. The molecule has 22 heavy (non-hydrogen) atoms. The molecule has 1 heterocycles. The maximum atomic E-state index is 11.7. The highest BCUT2D eigenvalue weighted by Gasteiger charge is 2.23. The molecule has 11 nitrogen and oxygen atoms in total. The minimum Gasteiger partial charge on any atom is -0.392 e. The molecular formula is C10H18N3O8P. The Balaban J connectivity index is 2.83. The van der Waals surface area contributed by atoms with Crippen molar-refractivity contribution in [1.29, 1.82) is 0 Å². The number of nitrogens with two attached hydrogens (primary N) is 1. The number of aromatic nitrogens is 2. The second-order valence-corrected chi connectivity index (χ2v) is 5.42. The normalized spacial score (nSPS) is 14.7. The van der Waals surface area contributed by atoms with Gasteiger partial charge in [-0.25, -0.2) is 9.36 Å². The van der Waals surface area contributed by atoms with Crippen LogP contribution in [0.4, 0.5) is 5.82 Å². The molecule has 0 amide bonds. The molecule has 126 valence electrons. The van der Waals surface area contributed by atoms with Crippen LogP contribution in [0.1, 0.15) is 6.23 Å². The Kier molecular flexibility index (Phi) is 7.10. The van der Waals surface area contributed by atoms with Gasteiger partial charge in [0.05, 0.1) is 19.8 Å². The third kappa shape index (κ3) is 6.20. The highest BCUT2D eigenvalue weighted by atomic mass is 31.2. The average molecular weight is 339 g/mol. The summed E-state index contributed by atoms with van der Waals surface area (Å²) in [4.78, 5) is 32.5. The van der Waals surface area contributed by atoms with Crippen LogP contribution >= 0.6 is 7.82 Å². The van der Waals surface area contributed by atoms with E-state index in [9.17, 15) is 14.5 Å². The number of nitrogen functional groups attached to an aromatic ring is 1. The third-order valence-corrected chi connectivity index (χ3v) is 2.93. The summed E-state index contributed by atoms with van der Waals surface area (Å²) in [6.45, 7) is -1.15. The van der Waals surface area contributed by atoms with Gasteiger partial charge in [0.15, 0.2) is 6.23 Å². The Morgan fingerprint density at radius 3 is 2.64 bits per heavy atom. The fraction of sp³-hybridized carbons (Fsp3) is 0.600. The average Bonchev–Trinajstić information content (AvgIpc) is 2.42. The number of ether oxygens (including phenoxy) is 2. The summed E-state index contributed by atoms with van der Waals surface area (Å²) < 4.78 is 26.2. The van der Waals surface area contributed by atoms with Crippen molar-refractivity contribution in [3.63, 3.8) is 0 Å².